The molecule has 2 heterocycles. The molecule has 6 nitrogen and oxygen atoms in total. The summed E-state index contributed by atoms with van der Waals surface area (Å²) in [5.41, 5.74) is 1.18. The minimum absolute atomic E-state index is 0.0475. The van der Waals surface area contributed by atoms with Crippen molar-refractivity contribution < 1.29 is 14.1 Å². The molecule has 1 aromatic heterocycles. The summed E-state index contributed by atoms with van der Waals surface area (Å²) in [7, 11) is 0. The molecule has 2 amide bonds. The van der Waals surface area contributed by atoms with E-state index in [-0.39, 0.29) is 29.6 Å². The Balaban J connectivity index is 1.38. The van der Waals surface area contributed by atoms with Crippen molar-refractivity contribution in [3.05, 3.63) is 42.1 Å². The highest BCUT2D eigenvalue weighted by molar-refractivity contribution is 5.93. The van der Waals surface area contributed by atoms with Gasteiger partial charge in [0, 0.05) is 30.1 Å². The van der Waals surface area contributed by atoms with Gasteiger partial charge in [0.1, 0.15) is 0 Å². The number of nitrogens with zero attached hydrogens (tertiary/aromatic N) is 1. The third-order valence-corrected chi connectivity index (χ3v) is 6.10. The van der Waals surface area contributed by atoms with Crippen molar-refractivity contribution in [2.24, 2.45) is 11.8 Å². The lowest BCUT2D eigenvalue weighted by atomic mass is 9.70. The molecule has 148 valence electrons. The van der Waals surface area contributed by atoms with Crippen molar-refractivity contribution in [1.29, 1.82) is 0 Å². The minimum atomic E-state index is -0.221. The Hall–Kier alpha value is -2.63. The van der Waals surface area contributed by atoms with Crippen LogP contribution in [0.1, 0.15) is 55.9 Å². The van der Waals surface area contributed by atoms with Crippen LogP contribution < -0.4 is 10.6 Å². The van der Waals surface area contributed by atoms with E-state index in [1.54, 1.807) is 6.07 Å². The average Bonchev–Trinajstić information content (AvgIpc) is 3.19. The van der Waals surface area contributed by atoms with E-state index in [2.05, 4.69) is 22.7 Å². The molecule has 0 spiro atoms. The predicted molar refractivity (Wildman–Crippen MR) is 105 cm³/mol. The summed E-state index contributed by atoms with van der Waals surface area (Å²) < 4.78 is 5.33. The highest BCUT2D eigenvalue weighted by Crippen LogP contribution is 2.37. The normalized spacial score (nSPS) is 27.0. The van der Waals surface area contributed by atoms with E-state index in [4.69, 9.17) is 4.52 Å². The van der Waals surface area contributed by atoms with Gasteiger partial charge >= 0.3 is 0 Å². The number of hydrogen-bond donors (Lipinski definition) is 2. The van der Waals surface area contributed by atoms with Gasteiger partial charge in [0.15, 0.2) is 11.5 Å². The fraction of sp³-hybridized carbons (Fsp3) is 0.500. The molecule has 2 aliphatic rings. The Labute approximate surface area is 165 Å². The van der Waals surface area contributed by atoms with E-state index in [1.807, 2.05) is 30.3 Å². The Kier molecular flexibility index (Phi) is 5.46. The smallest absolute Gasteiger partial charge is 0.273 e. The molecular weight excluding hydrogens is 354 g/mol. The van der Waals surface area contributed by atoms with Crippen LogP contribution in [0.15, 0.2) is 40.9 Å². The van der Waals surface area contributed by atoms with Crippen LogP contribution in [0.25, 0.3) is 11.3 Å². The molecule has 1 aliphatic heterocycles. The zero-order chi connectivity index (χ0) is 19.5. The van der Waals surface area contributed by atoms with E-state index in [0.717, 1.165) is 37.7 Å². The van der Waals surface area contributed by atoms with Crippen molar-refractivity contribution in [2.75, 3.05) is 0 Å². The molecule has 0 radical (unpaired) electrons. The summed E-state index contributed by atoms with van der Waals surface area (Å²) in [6, 6.07) is 11.5. The van der Waals surface area contributed by atoms with Gasteiger partial charge in [-0.1, -0.05) is 48.8 Å². The van der Waals surface area contributed by atoms with Crippen molar-refractivity contribution in [2.45, 2.75) is 57.5 Å². The van der Waals surface area contributed by atoms with Gasteiger partial charge in [-0.25, -0.2) is 0 Å². The van der Waals surface area contributed by atoms with Crippen LogP contribution in [-0.4, -0.2) is 29.1 Å². The molecule has 28 heavy (non-hydrogen) atoms. The van der Waals surface area contributed by atoms with Gasteiger partial charge in [0.25, 0.3) is 5.91 Å². The Morgan fingerprint density at radius 1 is 1.29 bits per heavy atom. The molecule has 1 aliphatic carbocycles. The van der Waals surface area contributed by atoms with Gasteiger partial charge in [-0.2, -0.15) is 0 Å². The number of aromatic nitrogens is 1. The molecule has 4 unspecified atom stereocenters. The SMILES string of the molecule is CCCC1CC(=O)NC2CC(NC(=O)c3cc(-c4ccccc4)on3)CCC12. The maximum atomic E-state index is 12.6. The maximum Gasteiger partial charge on any atom is 0.273 e. The number of carbonyl (C=O) groups excluding carboxylic acids is 2. The van der Waals surface area contributed by atoms with Crippen LogP contribution in [0.3, 0.4) is 0 Å². The van der Waals surface area contributed by atoms with E-state index >= 15 is 0 Å². The number of benzene rings is 1. The van der Waals surface area contributed by atoms with Crippen LogP contribution in [-0.2, 0) is 4.79 Å². The lowest BCUT2D eigenvalue weighted by Crippen LogP contribution is -2.55. The standard InChI is InChI=1S/C22H27N3O3/c1-2-6-15-11-21(26)24-18-12-16(9-10-17(15)18)23-22(27)19-13-20(28-25-19)14-7-4-3-5-8-14/h3-5,7-8,13,15-18H,2,6,9-12H2,1H3,(H,23,27)(H,24,26). The van der Waals surface area contributed by atoms with Crippen LogP contribution in [0, 0.1) is 11.8 Å². The molecule has 2 fully saturated rings. The van der Waals surface area contributed by atoms with Crippen molar-refractivity contribution in [1.82, 2.24) is 15.8 Å². The Morgan fingerprint density at radius 2 is 2.11 bits per heavy atom. The van der Waals surface area contributed by atoms with Crippen molar-refractivity contribution in [3.8, 4) is 11.3 Å². The minimum Gasteiger partial charge on any atom is -0.355 e. The number of carbonyl (C=O) groups is 2. The summed E-state index contributed by atoms with van der Waals surface area (Å²) in [4.78, 5) is 24.7. The maximum absolute atomic E-state index is 12.6. The van der Waals surface area contributed by atoms with Gasteiger partial charge < -0.3 is 15.2 Å². The van der Waals surface area contributed by atoms with E-state index in [1.165, 1.54) is 0 Å². The van der Waals surface area contributed by atoms with Gasteiger partial charge in [-0.15, -0.1) is 0 Å². The predicted octanol–water partition coefficient (Wildman–Crippen LogP) is 3.54. The van der Waals surface area contributed by atoms with E-state index < -0.39 is 0 Å². The molecule has 4 rings (SSSR count). The Morgan fingerprint density at radius 3 is 2.89 bits per heavy atom. The summed E-state index contributed by atoms with van der Waals surface area (Å²) in [6.45, 7) is 2.18. The molecule has 1 saturated heterocycles. The molecule has 2 aromatic rings. The lowest BCUT2D eigenvalue weighted by Gasteiger charge is -2.44. The second kappa shape index (κ2) is 8.17. The third kappa shape index (κ3) is 3.96. The number of fused-ring (bicyclic) bond motifs is 1. The fourth-order valence-electron chi connectivity index (χ4n) is 4.78. The summed E-state index contributed by atoms with van der Waals surface area (Å²) in [5, 5.41) is 10.2. The third-order valence-electron chi connectivity index (χ3n) is 6.10. The van der Waals surface area contributed by atoms with Crippen LogP contribution >= 0.6 is 0 Å². The van der Waals surface area contributed by atoms with Crippen LogP contribution in [0.5, 0.6) is 0 Å². The highest BCUT2D eigenvalue weighted by Gasteiger charge is 2.40. The molecule has 2 N–H and O–H groups in total. The zero-order valence-electron chi connectivity index (χ0n) is 16.2. The summed E-state index contributed by atoms with van der Waals surface area (Å²) in [5.74, 6) is 1.51. The van der Waals surface area contributed by atoms with E-state index in [0.29, 0.717) is 24.0 Å². The second-order valence-corrected chi connectivity index (χ2v) is 8.02. The van der Waals surface area contributed by atoms with Gasteiger partial charge in [-0.3, -0.25) is 9.59 Å². The first kappa shape index (κ1) is 18.7. The highest BCUT2D eigenvalue weighted by atomic mass is 16.5. The molecule has 0 bridgehead atoms. The number of nitrogens with one attached hydrogen (secondary N) is 2. The average molecular weight is 381 g/mol. The first-order valence-corrected chi connectivity index (χ1v) is 10.3. The van der Waals surface area contributed by atoms with Gasteiger partial charge in [-0.05, 0) is 37.5 Å². The number of amides is 2. The zero-order valence-corrected chi connectivity index (χ0v) is 16.2. The molecule has 1 aromatic carbocycles. The first-order valence-electron chi connectivity index (χ1n) is 10.3. The Bertz CT molecular complexity index is 833. The summed E-state index contributed by atoms with van der Waals surface area (Å²) >= 11 is 0. The molecule has 1 saturated carbocycles. The summed E-state index contributed by atoms with van der Waals surface area (Å²) in [6.07, 6.45) is 5.62. The van der Waals surface area contributed by atoms with Gasteiger partial charge in [0.2, 0.25) is 5.91 Å². The lowest BCUT2D eigenvalue weighted by molar-refractivity contribution is -0.127. The molecule has 6 heteroatoms. The largest absolute Gasteiger partial charge is 0.355 e. The topological polar surface area (TPSA) is 84.2 Å². The van der Waals surface area contributed by atoms with Crippen molar-refractivity contribution in [3.63, 3.8) is 0 Å². The first-order chi connectivity index (χ1) is 13.6. The quantitative estimate of drug-likeness (QED) is 0.830. The fourth-order valence-corrected chi connectivity index (χ4v) is 4.78. The number of hydrogen-bond acceptors (Lipinski definition) is 4. The van der Waals surface area contributed by atoms with Crippen molar-refractivity contribution >= 4 is 11.8 Å². The monoisotopic (exact) mass is 381 g/mol. The number of piperidine rings is 1. The molecular formula is C22H27N3O3. The number of rotatable bonds is 5. The van der Waals surface area contributed by atoms with Crippen LogP contribution in [0.4, 0.5) is 0 Å². The second-order valence-electron chi connectivity index (χ2n) is 8.02. The molecule has 4 atom stereocenters. The van der Waals surface area contributed by atoms with Gasteiger partial charge in [0.05, 0.1) is 0 Å². The van der Waals surface area contributed by atoms with Crippen LogP contribution in [0.2, 0.25) is 0 Å². The van der Waals surface area contributed by atoms with E-state index in [9.17, 15) is 9.59 Å².